The molecule has 0 aliphatic heterocycles. The standard InChI is InChI=1S/C9H20/c1-6-8(4)9(5)7(2)3/h7-9H,6H2,1-5H3. The largest absolute Gasteiger partial charge is 0.0651 e. The van der Waals surface area contributed by atoms with Gasteiger partial charge >= 0.3 is 0 Å². The normalized spacial score (nSPS) is 18.0. The van der Waals surface area contributed by atoms with Gasteiger partial charge in [0.25, 0.3) is 0 Å². The van der Waals surface area contributed by atoms with Crippen LogP contribution < -0.4 is 0 Å². The van der Waals surface area contributed by atoms with Gasteiger partial charge < -0.3 is 0 Å². The van der Waals surface area contributed by atoms with Crippen LogP contribution in [0.25, 0.3) is 0 Å². The third-order valence-electron chi connectivity index (χ3n) is 2.59. The zero-order chi connectivity index (χ0) is 7.44. The van der Waals surface area contributed by atoms with Crippen LogP contribution in [-0.2, 0) is 0 Å². The molecule has 0 saturated heterocycles. The first-order valence-electron chi connectivity index (χ1n) is 4.09. The molecule has 0 N–H and O–H groups in total. The summed E-state index contributed by atoms with van der Waals surface area (Å²) >= 11 is 0. The Morgan fingerprint density at radius 1 is 1.00 bits per heavy atom. The molecule has 0 bridgehead atoms. The third kappa shape index (κ3) is 2.88. The molecule has 0 amide bonds. The molecule has 0 nitrogen and oxygen atoms in total. The lowest BCUT2D eigenvalue weighted by atomic mass is 9.85. The van der Waals surface area contributed by atoms with Gasteiger partial charge in [0.05, 0.1) is 0 Å². The van der Waals surface area contributed by atoms with E-state index in [2.05, 4.69) is 34.6 Å². The molecule has 0 aliphatic carbocycles. The molecule has 0 aromatic carbocycles. The molecule has 0 radical (unpaired) electrons. The van der Waals surface area contributed by atoms with Gasteiger partial charge in [-0.25, -0.2) is 0 Å². The molecule has 0 heterocycles. The Labute approximate surface area is 59.7 Å². The van der Waals surface area contributed by atoms with Crippen LogP contribution in [0, 0.1) is 17.8 Å². The quantitative estimate of drug-likeness (QED) is 0.547. The van der Waals surface area contributed by atoms with Gasteiger partial charge in [-0.05, 0) is 17.8 Å². The SMILES string of the molecule is CCC(C)C(C)C(C)C. The minimum Gasteiger partial charge on any atom is -0.0651 e. The fourth-order valence-corrected chi connectivity index (χ4v) is 1.03. The summed E-state index contributed by atoms with van der Waals surface area (Å²) in [7, 11) is 0. The van der Waals surface area contributed by atoms with E-state index in [4.69, 9.17) is 0 Å². The Balaban J connectivity index is 3.58. The second-order valence-electron chi connectivity index (χ2n) is 3.49. The highest BCUT2D eigenvalue weighted by Gasteiger charge is 2.12. The Morgan fingerprint density at radius 2 is 1.44 bits per heavy atom. The van der Waals surface area contributed by atoms with Crippen molar-refractivity contribution in [2.45, 2.75) is 41.0 Å². The summed E-state index contributed by atoms with van der Waals surface area (Å²) in [6.07, 6.45) is 1.32. The maximum atomic E-state index is 2.35. The molecule has 2 atom stereocenters. The Morgan fingerprint density at radius 3 is 1.56 bits per heavy atom. The smallest absolute Gasteiger partial charge is 0.0394 e. The van der Waals surface area contributed by atoms with E-state index in [1.807, 2.05) is 0 Å². The van der Waals surface area contributed by atoms with E-state index in [-0.39, 0.29) is 0 Å². The molecule has 0 heteroatoms. The third-order valence-corrected chi connectivity index (χ3v) is 2.59. The van der Waals surface area contributed by atoms with Gasteiger partial charge in [-0.2, -0.15) is 0 Å². The minimum atomic E-state index is 0.847. The van der Waals surface area contributed by atoms with Crippen LogP contribution in [0.4, 0.5) is 0 Å². The van der Waals surface area contributed by atoms with Gasteiger partial charge in [-0.3, -0.25) is 0 Å². The number of rotatable bonds is 3. The second kappa shape index (κ2) is 3.92. The summed E-state index contributed by atoms with van der Waals surface area (Å²) in [5.74, 6) is 2.62. The predicted octanol–water partition coefficient (Wildman–Crippen LogP) is 3.32. The molecule has 0 aromatic heterocycles. The first-order valence-corrected chi connectivity index (χ1v) is 4.09. The highest BCUT2D eigenvalue weighted by atomic mass is 14.2. The summed E-state index contributed by atoms with van der Waals surface area (Å²) in [4.78, 5) is 0. The van der Waals surface area contributed by atoms with Crippen molar-refractivity contribution in [3.05, 3.63) is 0 Å². The lowest BCUT2D eigenvalue weighted by Gasteiger charge is -2.21. The predicted molar refractivity (Wildman–Crippen MR) is 43.5 cm³/mol. The lowest BCUT2D eigenvalue weighted by molar-refractivity contribution is 0.289. The molecule has 9 heavy (non-hydrogen) atoms. The first-order chi connectivity index (χ1) is 4.09. The van der Waals surface area contributed by atoms with Crippen LogP contribution >= 0.6 is 0 Å². The monoisotopic (exact) mass is 128 g/mol. The zero-order valence-electron chi connectivity index (χ0n) is 7.44. The van der Waals surface area contributed by atoms with E-state index in [1.165, 1.54) is 6.42 Å². The Bertz CT molecular complexity index is 64.4. The van der Waals surface area contributed by atoms with Gasteiger partial charge in [0.15, 0.2) is 0 Å². The fraction of sp³-hybridized carbons (Fsp3) is 1.00. The average molecular weight is 128 g/mol. The topological polar surface area (TPSA) is 0 Å². The van der Waals surface area contributed by atoms with Crippen LogP contribution in [0.1, 0.15) is 41.0 Å². The fourth-order valence-electron chi connectivity index (χ4n) is 1.03. The molecular weight excluding hydrogens is 108 g/mol. The lowest BCUT2D eigenvalue weighted by Crippen LogP contribution is -2.12. The van der Waals surface area contributed by atoms with Crippen LogP contribution in [-0.4, -0.2) is 0 Å². The molecule has 0 aliphatic rings. The number of hydrogen-bond donors (Lipinski definition) is 0. The highest BCUT2D eigenvalue weighted by Crippen LogP contribution is 2.21. The zero-order valence-corrected chi connectivity index (χ0v) is 7.44. The summed E-state index contributed by atoms with van der Waals surface area (Å²) in [6, 6.07) is 0. The van der Waals surface area contributed by atoms with Crippen molar-refractivity contribution in [1.29, 1.82) is 0 Å². The van der Waals surface area contributed by atoms with Crippen LogP contribution in [0.2, 0.25) is 0 Å². The van der Waals surface area contributed by atoms with Crippen molar-refractivity contribution in [2.75, 3.05) is 0 Å². The molecule has 2 unspecified atom stereocenters. The summed E-state index contributed by atoms with van der Waals surface area (Å²) in [6.45, 7) is 11.6. The van der Waals surface area contributed by atoms with Crippen molar-refractivity contribution >= 4 is 0 Å². The van der Waals surface area contributed by atoms with E-state index < -0.39 is 0 Å². The van der Waals surface area contributed by atoms with Gasteiger partial charge in [0.2, 0.25) is 0 Å². The van der Waals surface area contributed by atoms with E-state index in [1.54, 1.807) is 0 Å². The summed E-state index contributed by atoms with van der Waals surface area (Å²) in [5, 5.41) is 0. The molecule has 0 saturated carbocycles. The summed E-state index contributed by atoms with van der Waals surface area (Å²) < 4.78 is 0. The van der Waals surface area contributed by atoms with Gasteiger partial charge in [0, 0.05) is 0 Å². The molecule has 56 valence electrons. The van der Waals surface area contributed by atoms with E-state index in [0.717, 1.165) is 17.8 Å². The molecule has 0 spiro atoms. The molecule has 0 rings (SSSR count). The van der Waals surface area contributed by atoms with Crippen LogP contribution in [0.15, 0.2) is 0 Å². The van der Waals surface area contributed by atoms with Crippen molar-refractivity contribution in [2.24, 2.45) is 17.8 Å². The van der Waals surface area contributed by atoms with Crippen molar-refractivity contribution in [1.82, 2.24) is 0 Å². The number of hydrogen-bond acceptors (Lipinski definition) is 0. The van der Waals surface area contributed by atoms with Crippen LogP contribution in [0.3, 0.4) is 0 Å². The van der Waals surface area contributed by atoms with E-state index in [0.29, 0.717) is 0 Å². The van der Waals surface area contributed by atoms with E-state index >= 15 is 0 Å². The summed E-state index contributed by atoms with van der Waals surface area (Å²) in [5.41, 5.74) is 0. The van der Waals surface area contributed by atoms with Crippen LogP contribution in [0.5, 0.6) is 0 Å². The average Bonchev–Trinajstić information content (AvgIpc) is 1.84. The van der Waals surface area contributed by atoms with Crippen molar-refractivity contribution < 1.29 is 0 Å². The van der Waals surface area contributed by atoms with Crippen molar-refractivity contribution in [3.63, 3.8) is 0 Å². The molecular formula is C9H20. The van der Waals surface area contributed by atoms with E-state index in [9.17, 15) is 0 Å². The molecule has 0 fully saturated rings. The van der Waals surface area contributed by atoms with Crippen molar-refractivity contribution in [3.8, 4) is 0 Å². The maximum Gasteiger partial charge on any atom is -0.0394 e. The van der Waals surface area contributed by atoms with Gasteiger partial charge in [-0.15, -0.1) is 0 Å². The highest BCUT2D eigenvalue weighted by molar-refractivity contribution is 4.62. The first kappa shape index (κ1) is 9.00. The van der Waals surface area contributed by atoms with Gasteiger partial charge in [0.1, 0.15) is 0 Å². The minimum absolute atomic E-state index is 0.847. The molecule has 0 aromatic rings. The Hall–Kier alpha value is 0. The Kier molecular flexibility index (Phi) is 3.92. The maximum absolute atomic E-state index is 2.35. The van der Waals surface area contributed by atoms with Gasteiger partial charge in [-0.1, -0.05) is 41.0 Å². The second-order valence-corrected chi connectivity index (χ2v) is 3.49.